The number of hydrogen-bond donors (Lipinski definition) is 2. The summed E-state index contributed by atoms with van der Waals surface area (Å²) in [6, 6.07) is 7.34. The minimum absolute atomic E-state index is 0.106. The molecule has 2 aliphatic rings. The van der Waals surface area contributed by atoms with Crippen LogP contribution in [0, 0.1) is 5.82 Å². The zero-order valence-electron chi connectivity index (χ0n) is 26.5. The van der Waals surface area contributed by atoms with E-state index in [-0.39, 0.29) is 36.3 Å². The maximum Gasteiger partial charge on any atom is 0.471 e. The second kappa shape index (κ2) is 14.3. The molecule has 1 fully saturated rings. The second-order valence-corrected chi connectivity index (χ2v) is 12.2. The molecule has 0 bridgehead atoms. The van der Waals surface area contributed by atoms with E-state index in [0.29, 0.717) is 41.8 Å². The standard InChI is InChI=1S/C32H33ClF4N6O6/c1-18(15-38-29(46)32(35,36)37)43-28(45)23(22-4-3-5-24(34)27(22)33)16-41(31(43)48)17-26(44)40-11-9-20(10-12-40)42-13-8-19-14-21(49-2)6-7-25(19)39-30(42)47/h3-7,14,16,18,20H,8-13,15,17H2,1-2H3,(H,38,46)(H,39,47)/t18-/m1/s1. The number of halogens is 5. The van der Waals surface area contributed by atoms with Crippen LogP contribution in [0.4, 0.5) is 28.0 Å². The van der Waals surface area contributed by atoms with Crippen molar-refractivity contribution in [1.82, 2.24) is 24.3 Å². The fourth-order valence-corrected chi connectivity index (χ4v) is 6.26. The highest BCUT2D eigenvalue weighted by atomic mass is 35.5. The predicted molar refractivity (Wildman–Crippen MR) is 171 cm³/mol. The van der Waals surface area contributed by atoms with Crippen LogP contribution in [0.15, 0.2) is 52.2 Å². The maximum absolute atomic E-state index is 14.4. The Morgan fingerprint density at radius 3 is 2.47 bits per heavy atom. The monoisotopic (exact) mass is 708 g/mol. The summed E-state index contributed by atoms with van der Waals surface area (Å²) in [5, 5.41) is 4.14. The lowest BCUT2D eigenvalue weighted by atomic mass is 10.0. The molecule has 2 N–H and O–H groups in total. The molecule has 5 rings (SSSR count). The Morgan fingerprint density at radius 1 is 1.08 bits per heavy atom. The fourth-order valence-electron chi connectivity index (χ4n) is 6.03. The number of fused-ring (bicyclic) bond motifs is 1. The Bertz CT molecular complexity index is 1890. The van der Waals surface area contributed by atoms with Gasteiger partial charge in [-0.15, -0.1) is 0 Å². The number of urea groups is 1. The van der Waals surface area contributed by atoms with Crippen LogP contribution in [0.1, 0.15) is 31.4 Å². The first-order valence-corrected chi connectivity index (χ1v) is 15.7. The summed E-state index contributed by atoms with van der Waals surface area (Å²) < 4.78 is 59.5. The Balaban J connectivity index is 1.34. The normalized spacial score (nSPS) is 16.0. The van der Waals surface area contributed by atoms with E-state index >= 15 is 0 Å². The topological polar surface area (TPSA) is 135 Å². The number of amides is 4. The van der Waals surface area contributed by atoms with Crippen molar-refractivity contribution in [2.45, 2.75) is 51.0 Å². The third-order valence-corrected chi connectivity index (χ3v) is 9.07. The summed E-state index contributed by atoms with van der Waals surface area (Å²) in [4.78, 5) is 68.3. The number of ether oxygens (including phenoxy) is 1. The minimum atomic E-state index is -5.20. The van der Waals surface area contributed by atoms with Crippen LogP contribution in [0.5, 0.6) is 5.75 Å². The van der Waals surface area contributed by atoms with Crippen molar-refractivity contribution < 1.29 is 36.7 Å². The van der Waals surface area contributed by atoms with Gasteiger partial charge in [0.25, 0.3) is 5.56 Å². The highest BCUT2D eigenvalue weighted by Gasteiger charge is 2.39. The van der Waals surface area contributed by atoms with Gasteiger partial charge in [-0.05, 0) is 56.0 Å². The van der Waals surface area contributed by atoms with Gasteiger partial charge in [0, 0.05) is 49.7 Å². The third kappa shape index (κ3) is 7.58. The highest BCUT2D eigenvalue weighted by molar-refractivity contribution is 6.33. The Kier molecular flexibility index (Phi) is 10.4. The van der Waals surface area contributed by atoms with Gasteiger partial charge in [-0.3, -0.25) is 23.5 Å². The van der Waals surface area contributed by atoms with Crippen molar-refractivity contribution >= 4 is 35.1 Å². The lowest BCUT2D eigenvalue weighted by Crippen LogP contribution is -2.51. The first kappa shape index (κ1) is 35.4. The predicted octanol–water partition coefficient (Wildman–Crippen LogP) is 3.80. The molecular formula is C32H33ClF4N6O6. The molecule has 262 valence electrons. The van der Waals surface area contributed by atoms with Crippen molar-refractivity contribution in [2.24, 2.45) is 0 Å². The fraction of sp³-hybridized carbons (Fsp3) is 0.406. The van der Waals surface area contributed by atoms with Gasteiger partial charge in [0.1, 0.15) is 18.1 Å². The first-order valence-electron chi connectivity index (χ1n) is 15.4. The number of hydrogen-bond acceptors (Lipinski definition) is 6. The number of piperidine rings is 1. The van der Waals surface area contributed by atoms with E-state index in [2.05, 4.69) is 5.32 Å². The van der Waals surface area contributed by atoms with Crippen molar-refractivity contribution in [3.8, 4) is 16.9 Å². The SMILES string of the molecule is COc1ccc2c(c1)CCN(C1CCN(C(=O)Cn3cc(-c4cccc(F)c4Cl)c(=O)n([C@H](C)CNC(=O)C(F)(F)F)c3=O)CC1)C(=O)N2. The van der Waals surface area contributed by atoms with Crippen LogP contribution >= 0.6 is 11.6 Å². The van der Waals surface area contributed by atoms with Crippen molar-refractivity contribution in [3.63, 3.8) is 0 Å². The van der Waals surface area contributed by atoms with Gasteiger partial charge in [-0.25, -0.2) is 14.0 Å². The zero-order chi connectivity index (χ0) is 35.6. The number of alkyl halides is 3. The van der Waals surface area contributed by atoms with Crippen LogP contribution in [0.3, 0.4) is 0 Å². The van der Waals surface area contributed by atoms with Crippen LogP contribution in [-0.4, -0.2) is 82.3 Å². The number of anilines is 1. The molecule has 12 nitrogen and oxygen atoms in total. The Hall–Kier alpha value is -4.86. The van der Waals surface area contributed by atoms with Gasteiger partial charge >= 0.3 is 23.8 Å². The molecule has 0 radical (unpaired) electrons. The quantitative estimate of drug-likeness (QED) is 0.342. The molecule has 3 heterocycles. The van der Waals surface area contributed by atoms with Crippen molar-refractivity contribution in [1.29, 1.82) is 0 Å². The number of aromatic nitrogens is 2. The average molecular weight is 709 g/mol. The molecular weight excluding hydrogens is 676 g/mol. The number of carbonyl (C=O) groups is 3. The van der Waals surface area contributed by atoms with E-state index < -0.39 is 59.2 Å². The van der Waals surface area contributed by atoms with E-state index in [4.69, 9.17) is 16.3 Å². The molecule has 1 aromatic heterocycles. The van der Waals surface area contributed by atoms with Crippen LogP contribution in [0.25, 0.3) is 11.1 Å². The van der Waals surface area contributed by atoms with E-state index in [1.54, 1.807) is 29.5 Å². The van der Waals surface area contributed by atoms with Gasteiger partial charge in [-0.1, -0.05) is 23.7 Å². The molecule has 0 saturated carbocycles. The molecule has 49 heavy (non-hydrogen) atoms. The lowest BCUT2D eigenvalue weighted by molar-refractivity contribution is -0.173. The van der Waals surface area contributed by atoms with Gasteiger partial charge in [-0.2, -0.15) is 13.2 Å². The summed E-state index contributed by atoms with van der Waals surface area (Å²) >= 11 is 6.14. The Morgan fingerprint density at radius 2 is 1.80 bits per heavy atom. The van der Waals surface area contributed by atoms with Crippen LogP contribution < -0.4 is 26.6 Å². The number of nitrogens with zero attached hydrogens (tertiary/aromatic N) is 4. The number of likely N-dealkylation sites (tertiary alicyclic amines) is 1. The summed E-state index contributed by atoms with van der Waals surface area (Å²) in [6.07, 6.45) is -2.64. The Labute approximate surface area is 282 Å². The molecule has 1 saturated heterocycles. The molecule has 2 aromatic carbocycles. The zero-order valence-corrected chi connectivity index (χ0v) is 27.2. The third-order valence-electron chi connectivity index (χ3n) is 8.68. The molecule has 4 amide bonds. The highest BCUT2D eigenvalue weighted by Crippen LogP contribution is 2.29. The molecule has 1 atom stereocenters. The summed E-state index contributed by atoms with van der Waals surface area (Å²) in [5.74, 6) is -2.96. The van der Waals surface area contributed by atoms with Crippen molar-refractivity contribution in [2.75, 3.05) is 38.6 Å². The van der Waals surface area contributed by atoms with Crippen LogP contribution in [-0.2, 0) is 22.6 Å². The first-order chi connectivity index (χ1) is 23.2. The average Bonchev–Trinajstić information content (AvgIpc) is 3.23. The number of nitrogens with one attached hydrogen (secondary N) is 2. The molecule has 17 heteroatoms. The number of carbonyl (C=O) groups excluding carboxylic acids is 3. The van der Waals surface area contributed by atoms with E-state index in [9.17, 15) is 41.5 Å². The summed E-state index contributed by atoms with van der Waals surface area (Å²) in [5.41, 5.74) is -0.794. The smallest absolute Gasteiger partial charge is 0.471 e. The van der Waals surface area contributed by atoms with Crippen LogP contribution in [0.2, 0.25) is 5.02 Å². The summed E-state index contributed by atoms with van der Waals surface area (Å²) in [7, 11) is 1.56. The van der Waals surface area contributed by atoms with Gasteiger partial charge < -0.3 is 25.2 Å². The van der Waals surface area contributed by atoms with E-state index in [1.807, 2.05) is 6.07 Å². The van der Waals surface area contributed by atoms with Gasteiger partial charge in [0.05, 0.1) is 23.7 Å². The number of methoxy groups -OCH3 is 1. The van der Waals surface area contributed by atoms with E-state index in [0.717, 1.165) is 22.4 Å². The second-order valence-electron chi connectivity index (χ2n) is 11.8. The maximum atomic E-state index is 14.4. The summed E-state index contributed by atoms with van der Waals surface area (Å²) in [6.45, 7) is 0.885. The molecule has 0 spiro atoms. The lowest BCUT2D eigenvalue weighted by Gasteiger charge is -2.38. The van der Waals surface area contributed by atoms with Crippen molar-refractivity contribution in [3.05, 3.63) is 79.8 Å². The molecule has 0 unspecified atom stereocenters. The van der Waals surface area contributed by atoms with Gasteiger partial charge in [0.2, 0.25) is 5.91 Å². The molecule has 3 aromatic rings. The molecule has 0 aliphatic carbocycles. The van der Waals surface area contributed by atoms with E-state index in [1.165, 1.54) is 24.0 Å². The van der Waals surface area contributed by atoms with Gasteiger partial charge in [0.15, 0.2) is 0 Å². The molecule has 2 aliphatic heterocycles. The number of rotatable bonds is 8. The minimum Gasteiger partial charge on any atom is -0.497 e. The number of benzene rings is 2. The largest absolute Gasteiger partial charge is 0.497 e.